The second kappa shape index (κ2) is 6.41. The summed E-state index contributed by atoms with van der Waals surface area (Å²) in [7, 11) is 0. The highest BCUT2D eigenvalue weighted by Gasteiger charge is 2.22. The summed E-state index contributed by atoms with van der Waals surface area (Å²) >= 11 is 5.90. The van der Waals surface area contributed by atoms with Crippen molar-refractivity contribution in [2.24, 2.45) is 0 Å². The van der Waals surface area contributed by atoms with Crippen LogP contribution in [0.1, 0.15) is 22.8 Å². The molecule has 1 heterocycles. The van der Waals surface area contributed by atoms with E-state index in [9.17, 15) is 4.79 Å². The molecule has 0 bridgehead atoms. The summed E-state index contributed by atoms with van der Waals surface area (Å²) in [4.78, 5) is 14.2. The monoisotopic (exact) mass is 288 g/mol. The van der Waals surface area contributed by atoms with Gasteiger partial charge in [0.2, 0.25) is 0 Å². The van der Waals surface area contributed by atoms with Crippen LogP contribution in [0, 0.1) is 6.92 Å². The Kier molecular flexibility index (Phi) is 5.45. The third-order valence-electron chi connectivity index (χ3n) is 3.07. The fourth-order valence-electron chi connectivity index (χ4n) is 2.15. The van der Waals surface area contributed by atoms with Gasteiger partial charge in [-0.2, -0.15) is 0 Å². The largest absolute Gasteiger partial charge is 0.336 e. The van der Waals surface area contributed by atoms with Crippen LogP contribution in [0.25, 0.3) is 0 Å². The Balaban J connectivity index is 0.00000162. The fraction of sp³-hybridized carbons (Fsp3) is 0.462. The fourth-order valence-corrected chi connectivity index (χ4v) is 2.38. The number of nitrogens with one attached hydrogen (secondary N) is 1. The summed E-state index contributed by atoms with van der Waals surface area (Å²) in [6, 6.07) is 5.78. The molecule has 1 N–H and O–H groups in total. The van der Waals surface area contributed by atoms with Crippen LogP contribution in [0.2, 0.25) is 5.02 Å². The molecule has 5 heteroatoms. The van der Waals surface area contributed by atoms with Crippen LogP contribution in [0.15, 0.2) is 18.2 Å². The number of amides is 1. The van der Waals surface area contributed by atoms with E-state index in [-0.39, 0.29) is 18.3 Å². The molecule has 0 spiro atoms. The zero-order valence-electron chi connectivity index (χ0n) is 10.6. The lowest BCUT2D eigenvalue weighted by Gasteiger charge is -2.32. The van der Waals surface area contributed by atoms with Gasteiger partial charge in [-0.05, 0) is 37.6 Å². The van der Waals surface area contributed by atoms with Gasteiger partial charge < -0.3 is 10.2 Å². The molecule has 1 aromatic rings. The number of rotatable bonds is 1. The molecule has 1 amide bonds. The van der Waals surface area contributed by atoms with Crippen molar-refractivity contribution in [3.05, 3.63) is 34.3 Å². The number of hydrogen-bond acceptors (Lipinski definition) is 2. The normalized spacial score (nSPS) is 19.3. The van der Waals surface area contributed by atoms with Crippen molar-refractivity contribution in [1.82, 2.24) is 10.2 Å². The second-order valence-corrected chi connectivity index (χ2v) is 5.00. The Morgan fingerprint density at radius 2 is 2.22 bits per heavy atom. The summed E-state index contributed by atoms with van der Waals surface area (Å²) in [5.74, 6) is 0.104. The molecule has 0 aliphatic carbocycles. The summed E-state index contributed by atoms with van der Waals surface area (Å²) in [6.07, 6.45) is 0. The lowest BCUT2D eigenvalue weighted by atomic mass is 10.1. The van der Waals surface area contributed by atoms with Crippen LogP contribution >= 0.6 is 24.0 Å². The van der Waals surface area contributed by atoms with Crippen molar-refractivity contribution >= 4 is 29.9 Å². The van der Waals surface area contributed by atoms with Gasteiger partial charge in [0.1, 0.15) is 0 Å². The summed E-state index contributed by atoms with van der Waals surface area (Å²) < 4.78 is 0. The van der Waals surface area contributed by atoms with E-state index in [2.05, 4.69) is 12.2 Å². The van der Waals surface area contributed by atoms with E-state index >= 15 is 0 Å². The molecule has 1 fully saturated rings. The van der Waals surface area contributed by atoms with Crippen molar-refractivity contribution < 1.29 is 4.79 Å². The van der Waals surface area contributed by atoms with E-state index in [1.807, 2.05) is 24.0 Å². The minimum absolute atomic E-state index is 0. The number of aryl methyl sites for hydroxylation is 1. The molecule has 1 aliphatic heterocycles. The van der Waals surface area contributed by atoms with Crippen LogP contribution < -0.4 is 5.32 Å². The van der Waals surface area contributed by atoms with Crippen LogP contribution in [0.5, 0.6) is 0 Å². The van der Waals surface area contributed by atoms with Gasteiger partial charge in [0, 0.05) is 36.3 Å². The number of piperazine rings is 1. The van der Waals surface area contributed by atoms with E-state index in [4.69, 9.17) is 11.6 Å². The lowest BCUT2D eigenvalue weighted by Crippen LogP contribution is -2.51. The Labute approximate surface area is 119 Å². The number of carbonyl (C=O) groups excluding carboxylic acids is 1. The zero-order valence-corrected chi connectivity index (χ0v) is 12.1. The Morgan fingerprint density at radius 3 is 2.83 bits per heavy atom. The van der Waals surface area contributed by atoms with E-state index in [0.717, 1.165) is 30.8 Å². The van der Waals surface area contributed by atoms with Crippen molar-refractivity contribution in [2.45, 2.75) is 19.9 Å². The molecule has 3 nitrogen and oxygen atoms in total. The first-order chi connectivity index (χ1) is 8.08. The minimum Gasteiger partial charge on any atom is -0.336 e. The third-order valence-corrected chi connectivity index (χ3v) is 3.31. The molecular weight excluding hydrogens is 271 g/mol. The summed E-state index contributed by atoms with van der Waals surface area (Å²) in [6.45, 7) is 6.41. The smallest absolute Gasteiger partial charge is 0.254 e. The summed E-state index contributed by atoms with van der Waals surface area (Å²) in [5.41, 5.74) is 1.69. The maximum absolute atomic E-state index is 12.3. The van der Waals surface area contributed by atoms with Crippen molar-refractivity contribution in [2.75, 3.05) is 19.6 Å². The van der Waals surface area contributed by atoms with E-state index < -0.39 is 0 Å². The second-order valence-electron chi connectivity index (χ2n) is 4.57. The molecule has 100 valence electrons. The van der Waals surface area contributed by atoms with Crippen LogP contribution in [-0.4, -0.2) is 36.5 Å². The molecule has 0 aromatic heterocycles. The van der Waals surface area contributed by atoms with Gasteiger partial charge >= 0.3 is 0 Å². The Morgan fingerprint density at radius 1 is 1.50 bits per heavy atom. The lowest BCUT2D eigenvalue weighted by molar-refractivity contribution is 0.0708. The van der Waals surface area contributed by atoms with E-state index in [1.54, 1.807) is 6.07 Å². The number of hydrogen-bond donors (Lipinski definition) is 1. The zero-order chi connectivity index (χ0) is 12.4. The average Bonchev–Trinajstić information content (AvgIpc) is 2.28. The van der Waals surface area contributed by atoms with Crippen molar-refractivity contribution in [1.29, 1.82) is 0 Å². The number of benzene rings is 1. The highest BCUT2D eigenvalue weighted by atomic mass is 35.5. The van der Waals surface area contributed by atoms with Gasteiger partial charge in [0.15, 0.2) is 0 Å². The molecule has 1 aromatic carbocycles. The van der Waals surface area contributed by atoms with Crippen LogP contribution in [0.4, 0.5) is 0 Å². The average molecular weight is 289 g/mol. The number of nitrogens with zero attached hydrogens (tertiary/aromatic N) is 1. The molecule has 0 saturated carbocycles. The maximum atomic E-state index is 12.3. The highest BCUT2D eigenvalue weighted by molar-refractivity contribution is 6.30. The van der Waals surface area contributed by atoms with E-state index in [1.165, 1.54) is 0 Å². The van der Waals surface area contributed by atoms with E-state index in [0.29, 0.717) is 11.1 Å². The molecular formula is C13H18Cl2N2O. The molecule has 0 radical (unpaired) electrons. The van der Waals surface area contributed by atoms with Gasteiger partial charge in [-0.25, -0.2) is 0 Å². The Bertz CT molecular complexity index is 437. The highest BCUT2D eigenvalue weighted by Crippen LogP contribution is 2.17. The molecule has 18 heavy (non-hydrogen) atoms. The Hall–Kier alpha value is -0.770. The number of halogens is 2. The minimum atomic E-state index is 0. The first kappa shape index (κ1) is 15.3. The topological polar surface area (TPSA) is 32.3 Å². The van der Waals surface area contributed by atoms with Gasteiger partial charge in [-0.1, -0.05) is 11.6 Å². The maximum Gasteiger partial charge on any atom is 0.254 e. The number of carbonyl (C=O) groups is 1. The molecule has 1 atom stereocenters. The molecule has 1 aliphatic rings. The van der Waals surface area contributed by atoms with Gasteiger partial charge in [-0.3, -0.25) is 4.79 Å². The molecule has 1 saturated heterocycles. The quantitative estimate of drug-likeness (QED) is 0.861. The summed E-state index contributed by atoms with van der Waals surface area (Å²) in [5, 5.41) is 4.00. The van der Waals surface area contributed by atoms with Gasteiger partial charge in [0.25, 0.3) is 5.91 Å². The predicted molar refractivity (Wildman–Crippen MR) is 76.8 cm³/mol. The molecule has 2 rings (SSSR count). The van der Waals surface area contributed by atoms with Crippen LogP contribution in [0.3, 0.4) is 0 Å². The molecule has 1 unspecified atom stereocenters. The van der Waals surface area contributed by atoms with Crippen molar-refractivity contribution in [3.8, 4) is 0 Å². The first-order valence-electron chi connectivity index (χ1n) is 5.87. The van der Waals surface area contributed by atoms with Gasteiger partial charge in [-0.15, -0.1) is 12.4 Å². The van der Waals surface area contributed by atoms with Crippen LogP contribution in [-0.2, 0) is 0 Å². The SMILES string of the molecule is Cc1cc(Cl)ccc1C(=O)N1CCNC(C)C1.Cl. The van der Waals surface area contributed by atoms with Gasteiger partial charge in [0.05, 0.1) is 0 Å². The predicted octanol–water partition coefficient (Wildman–Crippen LogP) is 2.50. The third kappa shape index (κ3) is 3.37. The first-order valence-corrected chi connectivity index (χ1v) is 6.24. The standard InChI is InChI=1S/C13H17ClN2O.ClH/c1-9-7-11(14)3-4-12(9)13(17)16-6-5-15-10(2)8-16;/h3-4,7,10,15H,5-6,8H2,1-2H3;1H. The van der Waals surface area contributed by atoms with Crippen molar-refractivity contribution in [3.63, 3.8) is 0 Å².